The maximum atomic E-state index is 11.9. The predicted molar refractivity (Wildman–Crippen MR) is 72.8 cm³/mol. The molecule has 1 atom stereocenters. The zero-order valence-corrected chi connectivity index (χ0v) is 12.2. The molecule has 3 nitrogen and oxygen atoms in total. The van der Waals surface area contributed by atoms with E-state index in [-0.39, 0.29) is 5.78 Å². The first kappa shape index (κ1) is 13.2. The number of likely N-dealkylation sites (N-methyl/N-ethyl adjacent to an activating group) is 1. The summed E-state index contributed by atoms with van der Waals surface area (Å²) in [6.07, 6.45) is 2.57. The van der Waals surface area contributed by atoms with E-state index in [4.69, 9.17) is 4.74 Å². The van der Waals surface area contributed by atoms with Crippen LogP contribution in [0, 0.1) is 0 Å². The summed E-state index contributed by atoms with van der Waals surface area (Å²) >= 11 is 4.86. The molecule has 1 aliphatic heterocycles. The highest BCUT2D eigenvalue weighted by atomic mass is 79.9. The molecular weight excluding hydrogens is 302 g/mol. The topological polar surface area (TPSA) is 29.5 Å². The van der Waals surface area contributed by atoms with Crippen LogP contribution in [-0.4, -0.2) is 43.5 Å². The van der Waals surface area contributed by atoms with Crippen molar-refractivity contribution in [2.24, 2.45) is 0 Å². The smallest absolute Gasteiger partial charge is 0.186 e. The molecule has 2 rings (SSSR count). The van der Waals surface area contributed by atoms with Gasteiger partial charge in [-0.3, -0.25) is 9.69 Å². The van der Waals surface area contributed by atoms with Crippen molar-refractivity contribution in [3.63, 3.8) is 0 Å². The lowest BCUT2D eigenvalue weighted by Crippen LogP contribution is -2.32. The highest BCUT2D eigenvalue weighted by Crippen LogP contribution is 2.22. The number of Topliss-reactive ketones (excluding diaryl/α,β-unsaturated/α-hetero) is 1. The number of ether oxygens (including phenoxy) is 1. The first-order valence-electron chi connectivity index (χ1n) is 5.74. The van der Waals surface area contributed by atoms with Crippen LogP contribution in [0.25, 0.3) is 0 Å². The normalized spacial score (nSPS) is 20.1. The SMILES string of the molecule is CN(CC(=O)c1ccc(Br)s1)CC1CCCO1. The summed E-state index contributed by atoms with van der Waals surface area (Å²) in [6, 6.07) is 3.79. The molecule has 0 bridgehead atoms. The Kier molecular flexibility index (Phi) is 4.73. The van der Waals surface area contributed by atoms with Crippen molar-refractivity contribution in [2.45, 2.75) is 18.9 Å². The van der Waals surface area contributed by atoms with Crippen LogP contribution in [0.5, 0.6) is 0 Å². The average molecular weight is 318 g/mol. The molecule has 2 heterocycles. The van der Waals surface area contributed by atoms with Crippen LogP contribution in [0.1, 0.15) is 22.5 Å². The third-order valence-electron chi connectivity index (χ3n) is 2.80. The fourth-order valence-electron chi connectivity index (χ4n) is 1.99. The molecule has 1 aromatic rings. The van der Waals surface area contributed by atoms with Gasteiger partial charge >= 0.3 is 0 Å². The summed E-state index contributed by atoms with van der Waals surface area (Å²) in [6.45, 7) is 2.18. The second-order valence-corrected chi connectivity index (χ2v) is 6.82. The minimum atomic E-state index is 0.182. The second-order valence-electron chi connectivity index (χ2n) is 4.36. The standard InChI is InChI=1S/C12H16BrNO2S/c1-14(7-9-3-2-6-16-9)8-10(15)11-4-5-12(13)17-11/h4-5,9H,2-3,6-8H2,1H3. The van der Waals surface area contributed by atoms with E-state index in [0.29, 0.717) is 12.6 Å². The van der Waals surface area contributed by atoms with Gasteiger partial charge in [-0.25, -0.2) is 0 Å². The number of hydrogen-bond acceptors (Lipinski definition) is 4. The van der Waals surface area contributed by atoms with E-state index >= 15 is 0 Å². The molecule has 94 valence electrons. The molecular formula is C12H16BrNO2S. The van der Waals surface area contributed by atoms with Crippen LogP contribution < -0.4 is 0 Å². The quantitative estimate of drug-likeness (QED) is 0.782. The van der Waals surface area contributed by atoms with Crippen molar-refractivity contribution in [2.75, 3.05) is 26.7 Å². The number of rotatable bonds is 5. The lowest BCUT2D eigenvalue weighted by atomic mass is 10.2. The zero-order chi connectivity index (χ0) is 12.3. The van der Waals surface area contributed by atoms with Gasteiger partial charge in [-0.05, 0) is 48.0 Å². The largest absolute Gasteiger partial charge is 0.377 e. The van der Waals surface area contributed by atoms with Crippen LogP contribution in [0.2, 0.25) is 0 Å². The Balaban J connectivity index is 1.81. The lowest BCUT2D eigenvalue weighted by Gasteiger charge is -2.19. The molecule has 17 heavy (non-hydrogen) atoms. The molecule has 0 N–H and O–H groups in total. The molecule has 0 aromatic carbocycles. The van der Waals surface area contributed by atoms with Gasteiger partial charge in [0.1, 0.15) is 0 Å². The third-order valence-corrected chi connectivity index (χ3v) is 4.47. The Morgan fingerprint density at radius 2 is 2.47 bits per heavy atom. The van der Waals surface area contributed by atoms with E-state index < -0.39 is 0 Å². The van der Waals surface area contributed by atoms with Crippen molar-refractivity contribution in [1.29, 1.82) is 0 Å². The summed E-state index contributed by atoms with van der Waals surface area (Å²) in [7, 11) is 1.97. The molecule has 1 fully saturated rings. The Morgan fingerprint density at radius 3 is 3.06 bits per heavy atom. The van der Waals surface area contributed by atoms with Gasteiger partial charge in [0.2, 0.25) is 0 Å². The number of carbonyl (C=O) groups excluding carboxylic acids is 1. The fourth-order valence-corrected chi connectivity index (χ4v) is 3.30. The number of ketones is 1. The highest BCUT2D eigenvalue weighted by Gasteiger charge is 2.19. The first-order valence-corrected chi connectivity index (χ1v) is 7.35. The van der Waals surface area contributed by atoms with Gasteiger partial charge in [0.05, 0.1) is 21.3 Å². The maximum absolute atomic E-state index is 11.9. The lowest BCUT2D eigenvalue weighted by molar-refractivity contribution is 0.0742. The molecule has 0 spiro atoms. The van der Waals surface area contributed by atoms with Crippen LogP contribution in [0.15, 0.2) is 15.9 Å². The van der Waals surface area contributed by atoms with Crippen molar-refractivity contribution >= 4 is 33.0 Å². The maximum Gasteiger partial charge on any atom is 0.186 e. The molecule has 0 radical (unpaired) electrons. The molecule has 0 amide bonds. The molecule has 1 saturated heterocycles. The van der Waals surface area contributed by atoms with Gasteiger partial charge < -0.3 is 4.74 Å². The van der Waals surface area contributed by atoms with Gasteiger partial charge in [0.25, 0.3) is 0 Å². The molecule has 5 heteroatoms. The predicted octanol–water partition coefficient (Wildman–Crippen LogP) is 2.80. The van der Waals surface area contributed by atoms with Gasteiger partial charge in [0, 0.05) is 13.2 Å². The molecule has 1 unspecified atom stereocenters. The number of carbonyl (C=O) groups is 1. The Labute approximate surface area is 114 Å². The highest BCUT2D eigenvalue weighted by molar-refractivity contribution is 9.11. The van der Waals surface area contributed by atoms with Crippen molar-refractivity contribution in [3.05, 3.63) is 20.8 Å². The number of nitrogens with zero attached hydrogens (tertiary/aromatic N) is 1. The summed E-state index contributed by atoms with van der Waals surface area (Å²) in [5.41, 5.74) is 0. The van der Waals surface area contributed by atoms with E-state index in [0.717, 1.165) is 34.7 Å². The molecule has 1 aliphatic rings. The first-order chi connectivity index (χ1) is 8.15. The average Bonchev–Trinajstić information content (AvgIpc) is 2.89. The van der Waals surface area contributed by atoms with E-state index in [1.54, 1.807) is 0 Å². The van der Waals surface area contributed by atoms with Gasteiger partial charge in [-0.2, -0.15) is 0 Å². The number of thiophene rings is 1. The van der Waals surface area contributed by atoms with Gasteiger partial charge in [-0.1, -0.05) is 0 Å². The molecule has 0 saturated carbocycles. The van der Waals surface area contributed by atoms with Gasteiger partial charge in [0.15, 0.2) is 5.78 Å². The van der Waals surface area contributed by atoms with E-state index in [2.05, 4.69) is 15.9 Å². The zero-order valence-electron chi connectivity index (χ0n) is 9.82. The molecule has 0 aliphatic carbocycles. The van der Waals surface area contributed by atoms with Crippen molar-refractivity contribution in [1.82, 2.24) is 4.90 Å². The fraction of sp³-hybridized carbons (Fsp3) is 0.583. The van der Waals surface area contributed by atoms with Crippen LogP contribution >= 0.6 is 27.3 Å². The third kappa shape index (κ3) is 3.88. The minimum absolute atomic E-state index is 0.182. The Bertz CT molecular complexity index is 388. The number of hydrogen-bond donors (Lipinski definition) is 0. The van der Waals surface area contributed by atoms with Crippen LogP contribution in [0.4, 0.5) is 0 Å². The summed E-state index contributed by atoms with van der Waals surface area (Å²) in [5, 5.41) is 0. The Morgan fingerprint density at radius 1 is 1.65 bits per heavy atom. The summed E-state index contributed by atoms with van der Waals surface area (Å²) in [4.78, 5) is 14.8. The van der Waals surface area contributed by atoms with Gasteiger partial charge in [-0.15, -0.1) is 11.3 Å². The molecule has 1 aromatic heterocycles. The van der Waals surface area contributed by atoms with E-state index in [1.807, 2.05) is 24.1 Å². The minimum Gasteiger partial charge on any atom is -0.377 e. The van der Waals surface area contributed by atoms with Crippen molar-refractivity contribution < 1.29 is 9.53 Å². The summed E-state index contributed by atoms with van der Waals surface area (Å²) < 4.78 is 6.56. The van der Waals surface area contributed by atoms with E-state index in [1.165, 1.54) is 11.3 Å². The van der Waals surface area contributed by atoms with Crippen LogP contribution in [0.3, 0.4) is 0 Å². The van der Waals surface area contributed by atoms with Crippen molar-refractivity contribution in [3.8, 4) is 0 Å². The van der Waals surface area contributed by atoms with Crippen LogP contribution in [-0.2, 0) is 4.74 Å². The Hall–Kier alpha value is -0.230. The summed E-state index contributed by atoms with van der Waals surface area (Å²) in [5.74, 6) is 0.182. The number of halogens is 1. The second kappa shape index (κ2) is 6.09. The monoisotopic (exact) mass is 317 g/mol. The van der Waals surface area contributed by atoms with E-state index in [9.17, 15) is 4.79 Å².